The van der Waals surface area contributed by atoms with Crippen LogP contribution in [0.1, 0.15) is 12.8 Å². The first-order valence-electron chi connectivity index (χ1n) is 7.22. The van der Waals surface area contributed by atoms with E-state index in [-0.39, 0.29) is 0 Å². The molecule has 0 atom stereocenters. The van der Waals surface area contributed by atoms with E-state index in [0.29, 0.717) is 41.4 Å². The van der Waals surface area contributed by atoms with E-state index in [0.717, 1.165) is 33.2 Å². The monoisotopic (exact) mass is 452 g/mol. The fourth-order valence-electron chi connectivity index (χ4n) is 2.43. The van der Waals surface area contributed by atoms with Crippen LogP contribution < -0.4 is 0 Å². The van der Waals surface area contributed by atoms with Crippen LogP contribution in [0.2, 0.25) is 0 Å². The van der Waals surface area contributed by atoms with Crippen molar-refractivity contribution >= 4 is 62.0 Å². The molecule has 0 aromatic carbocycles. The summed E-state index contributed by atoms with van der Waals surface area (Å²) in [5, 5.41) is 3.85. The van der Waals surface area contributed by atoms with Gasteiger partial charge in [0.25, 0.3) is 0 Å². The van der Waals surface area contributed by atoms with E-state index in [1.807, 2.05) is 0 Å². The van der Waals surface area contributed by atoms with Crippen molar-refractivity contribution in [3.63, 3.8) is 0 Å². The van der Waals surface area contributed by atoms with Gasteiger partial charge in [-0.25, -0.2) is 0 Å². The third kappa shape index (κ3) is 2.93. The van der Waals surface area contributed by atoms with Crippen LogP contribution in [0.15, 0.2) is 37.8 Å². The molecule has 0 aromatic rings. The first-order chi connectivity index (χ1) is 11.4. The summed E-state index contributed by atoms with van der Waals surface area (Å²) in [5.41, 5.74) is 0. The van der Waals surface area contributed by atoms with Gasteiger partial charge < -0.3 is 0 Å². The van der Waals surface area contributed by atoms with Gasteiger partial charge in [-0.05, 0) is 0 Å². The molecular weight excluding hydrogens is 439 g/mol. The van der Waals surface area contributed by atoms with Crippen LogP contribution in [0.3, 0.4) is 0 Å². The zero-order valence-corrected chi connectivity index (χ0v) is 16.9. The van der Waals surface area contributed by atoms with Crippen molar-refractivity contribution in [3.8, 4) is 0 Å². The Morgan fingerprint density at radius 3 is 1.26 bits per heavy atom. The molecule has 1 fully saturated rings. The molecule has 23 heavy (non-hydrogen) atoms. The third-order valence-electron chi connectivity index (χ3n) is 3.46. The molecule has 0 saturated carbocycles. The maximum absolute atomic E-state index is 5.69. The Hall–Kier alpha value is 0.0795. The quantitative estimate of drug-likeness (QED) is 0.509. The van der Waals surface area contributed by atoms with E-state index >= 15 is 0 Å². The number of thioether (sulfide) groups is 4. The second-order valence-electron chi connectivity index (χ2n) is 4.98. The molecular formula is C14H12O4S4Se. The minimum absolute atomic E-state index is 0.411. The molecule has 5 heterocycles. The zero-order chi connectivity index (χ0) is 15.2. The summed E-state index contributed by atoms with van der Waals surface area (Å²) in [7, 11) is 0. The Morgan fingerprint density at radius 1 is 0.565 bits per heavy atom. The molecule has 0 N–H and O–H groups in total. The van der Waals surface area contributed by atoms with Gasteiger partial charge in [0.05, 0.1) is 0 Å². The van der Waals surface area contributed by atoms with Crippen molar-refractivity contribution in [3.05, 3.63) is 37.8 Å². The van der Waals surface area contributed by atoms with Gasteiger partial charge >= 0.3 is 158 Å². The van der Waals surface area contributed by atoms with Gasteiger partial charge in [0.1, 0.15) is 0 Å². The number of ether oxygens (including phenoxy) is 4. The molecule has 9 heteroatoms. The van der Waals surface area contributed by atoms with Crippen LogP contribution >= 0.6 is 47.0 Å². The summed E-state index contributed by atoms with van der Waals surface area (Å²) in [6.07, 6.45) is 2.31. The summed E-state index contributed by atoms with van der Waals surface area (Å²) < 4.78 is 28.7. The number of rotatable bonds is 0. The second-order valence-corrected chi connectivity index (χ2v) is 11.9. The van der Waals surface area contributed by atoms with E-state index in [9.17, 15) is 0 Å². The molecule has 0 unspecified atom stereocenters. The fraction of sp³-hybridized carbons (Fsp3) is 0.429. The van der Waals surface area contributed by atoms with Crippen LogP contribution in [0.5, 0.6) is 0 Å². The van der Waals surface area contributed by atoms with E-state index in [2.05, 4.69) is 0 Å². The van der Waals surface area contributed by atoms with Crippen molar-refractivity contribution in [1.82, 2.24) is 0 Å². The summed E-state index contributed by atoms with van der Waals surface area (Å²) >= 11 is 7.42. The van der Waals surface area contributed by atoms with Crippen LogP contribution in [-0.2, 0) is 18.9 Å². The van der Waals surface area contributed by atoms with Gasteiger partial charge in [0.2, 0.25) is 0 Å². The van der Waals surface area contributed by atoms with E-state index in [1.54, 1.807) is 56.0 Å². The molecule has 5 rings (SSSR count). The predicted molar refractivity (Wildman–Crippen MR) is 97.3 cm³/mol. The number of allylic oxidation sites excluding steroid dienone is 2. The van der Waals surface area contributed by atoms with Gasteiger partial charge in [-0.3, -0.25) is 0 Å². The Kier molecular flexibility index (Phi) is 4.29. The maximum atomic E-state index is 5.69. The van der Waals surface area contributed by atoms with E-state index in [4.69, 9.17) is 18.9 Å². The van der Waals surface area contributed by atoms with Crippen LogP contribution in [0.25, 0.3) is 0 Å². The summed E-state index contributed by atoms with van der Waals surface area (Å²) in [4.78, 5) is 0. The second kappa shape index (κ2) is 6.42. The first kappa shape index (κ1) is 15.3. The van der Waals surface area contributed by atoms with Gasteiger partial charge in [0.15, 0.2) is 0 Å². The molecule has 5 aliphatic rings. The van der Waals surface area contributed by atoms with Gasteiger partial charge in [-0.15, -0.1) is 0 Å². The minimum atomic E-state index is 0.411. The van der Waals surface area contributed by atoms with Gasteiger partial charge in [-0.1, -0.05) is 0 Å². The average Bonchev–Trinajstić information content (AvgIpc) is 3.30. The normalized spacial score (nSPS) is 26.8. The molecule has 5 aliphatic heterocycles. The average molecular weight is 451 g/mol. The molecule has 0 bridgehead atoms. The molecule has 0 aliphatic carbocycles. The summed E-state index contributed by atoms with van der Waals surface area (Å²) in [6, 6.07) is 0. The van der Waals surface area contributed by atoms with Crippen LogP contribution in [0, 0.1) is 0 Å². The van der Waals surface area contributed by atoms with E-state index in [1.165, 1.54) is 8.47 Å². The molecule has 0 aromatic heterocycles. The molecule has 4 nitrogen and oxygen atoms in total. The standard InChI is InChI=1S/C14H12O4S4Se/c1-2-8(14-21-11-12(22-14)18-6-5-17-11)23-7(1)13-19-9-10(20-13)16-4-3-15-9/h1-6H2. The number of hydrogen-bond donors (Lipinski definition) is 0. The topological polar surface area (TPSA) is 36.9 Å². The van der Waals surface area contributed by atoms with Crippen LogP contribution in [0.4, 0.5) is 0 Å². The third-order valence-corrected chi connectivity index (χ3v) is 12.3. The Balaban J connectivity index is 1.32. The van der Waals surface area contributed by atoms with Crippen molar-refractivity contribution in [2.75, 3.05) is 26.4 Å². The summed E-state index contributed by atoms with van der Waals surface area (Å²) in [6.45, 7) is 2.67. The van der Waals surface area contributed by atoms with Crippen molar-refractivity contribution < 1.29 is 18.9 Å². The predicted octanol–water partition coefficient (Wildman–Crippen LogP) is 4.13. The van der Waals surface area contributed by atoms with Crippen molar-refractivity contribution in [1.29, 1.82) is 0 Å². The Labute approximate surface area is 157 Å². The Morgan fingerprint density at radius 2 is 0.913 bits per heavy atom. The molecule has 1 saturated heterocycles. The molecule has 0 spiro atoms. The fourth-order valence-corrected chi connectivity index (χ4v) is 10.6. The molecule has 0 radical (unpaired) electrons. The number of hydrogen-bond acceptors (Lipinski definition) is 8. The van der Waals surface area contributed by atoms with Crippen molar-refractivity contribution in [2.24, 2.45) is 0 Å². The summed E-state index contributed by atoms with van der Waals surface area (Å²) in [5.74, 6) is 0. The first-order valence-corrected chi connectivity index (χ1v) is 12.2. The Bertz CT molecular complexity index is 599. The van der Waals surface area contributed by atoms with Gasteiger partial charge in [0, 0.05) is 0 Å². The zero-order valence-electron chi connectivity index (χ0n) is 11.9. The van der Waals surface area contributed by atoms with Crippen LogP contribution in [-0.4, -0.2) is 41.4 Å². The van der Waals surface area contributed by atoms with Gasteiger partial charge in [-0.2, -0.15) is 0 Å². The molecule has 0 amide bonds. The van der Waals surface area contributed by atoms with Crippen molar-refractivity contribution in [2.45, 2.75) is 12.8 Å². The molecule has 122 valence electrons. The van der Waals surface area contributed by atoms with E-state index < -0.39 is 0 Å². The SMILES string of the molecule is C1COC2=C(O1)SC(=C1CCC(=C3SC4=C(OCCO4)S3)[Se]1)S2.